The summed E-state index contributed by atoms with van der Waals surface area (Å²) < 4.78 is 0. The van der Waals surface area contributed by atoms with Crippen molar-refractivity contribution in [3.63, 3.8) is 0 Å². The van der Waals surface area contributed by atoms with Gasteiger partial charge in [0.05, 0.1) is 0 Å². The topological polar surface area (TPSA) is 31.5 Å². The van der Waals surface area contributed by atoms with Gasteiger partial charge in [0.2, 0.25) is 0 Å². The minimum atomic E-state index is 0. The van der Waals surface area contributed by atoms with Crippen LogP contribution in [0.3, 0.4) is 0 Å². The highest BCUT2D eigenvalue weighted by Crippen LogP contribution is 0.144. The predicted molar refractivity (Wildman–Crippen MR) is 31.6 cm³/mol. The first-order chi connectivity index (χ1) is 0. The first kappa shape index (κ1) is 129. The number of rotatable bonds is 0. The summed E-state index contributed by atoms with van der Waals surface area (Å²) in [6, 6.07) is 0. The fourth-order valence-corrected chi connectivity index (χ4v) is 0. The van der Waals surface area contributed by atoms with E-state index in [9.17, 15) is 0 Å². The van der Waals surface area contributed by atoms with Crippen LogP contribution in [0.1, 0.15) is 7.43 Å². The molecule has 0 fully saturated rings. The van der Waals surface area contributed by atoms with Crippen molar-refractivity contribution >= 4 is 28.3 Å². The lowest BCUT2D eigenvalue weighted by Crippen LogP contribution is -0.382. The van der Waals surface area contributed by atoms with Crippen molar-refractivity contribution in [2.24, 2.45) is 0 Å². The van der Waals surface area contributed by atoms with Gasteiger partial charge in [-0.25, -0.2) is 0 Å². The van der Waals surface area contributed by atoms with E-state index in [1.807, 2.05) is 0 Å². The van der Waals surface area contributed by atoms with E-state index in [4.69, 9.17) is 0 Å². The van der Waals surface area contributed by atoms with Crippen LogP contribution in [-0.2, 0) is 0 Å². The SMILES string of the molecule is C.O.[AlH3].[SiH4]. The molecule has 0 unspecified atom stereocenters. The van der Waals surface area contributed by atoms with Gasteiger partial charge in [-0.15, -0.1) is 0 Å². The fraction of sp³-hybridized carbons (Fsp3) is 1.00. The smallest absolute Gasteiger partial charge is 0.187 e. The average molecular weight is 96.2 g/mol. The molecular formula is CH13AlOSi. The van der Waals surface area contributed by atoms with Crippen molar-refractivity contribution < 1.29 is 5.48 Å². The van der Waals surface area contributed by atoms with Crippen molar-refractivity contribution in [2.45, 2.75) is 7.43 Å². The van der Waals surface area contributed by atoms with Crippen molar-refractivity contribution in [3.8, 4) is 0 Å². The molecule has 0 aliphatic heterocycles. The zero-order chi connectivity index (χ0) is 0. The third kappa shape index (κ3) is 15.7. The van der Waals surface area contributed by atoms with Crippen LogP contribution in [0, 0.1) is 0 Å². The van der Waals surface area contributed by atoms with E-state index in [-0.39, 0.29) is 41.2 Å². The summed E-state index contributed by atoms with van der Waals surface area (Å²) >= 11 is 0. The van der Waals surface area contributed by atoms with Gasteiger partial charge in [0, 0.05) is 0 Å². The molecule has 0 aliphatic carbocycles. The maximum atomic E-state index is 0. The van der Waals surface area contributed by atoms with Crippen molar-refractivity contribution in [2.75, 3.05) is 0 Å². The van der Waals surface area contributed by atoms with Gasteiger partial charge in [0.15, 0.2) is 17.4 Å². The van der Waals surface area contributed by atoms with Gasteiger partial charge in [-0.3, -0.25) is 0 Å². The van der Waals surface area contributed by atoms with Gasteiger partial charge >= 0.3 is 0 Å². The normalized spacial score (nSPS) is 0. The summed E-state index contributed by atoms with van der Waals surface area (Å²) in [5.74, 6) is 0. The molecule has 0 bridgehead atoms. The molecule has 0 aromatic carbocycles. The third-order valence-corrected chi connectivity index (χ3v) is 0. The highest BCUT2D eigenvalue weighted by atomic mass is 28.1. The zero-order valence-corrected chi connectivity index (χ0v) is 0.500. The van der Waals surface area contributed by atoms with Crippen molar-refractivity contribution in [1.29, 1.82) is 0 Å². The Morgan fingerprint density at radius 3 is 1.00 bits per heavy atom. The summed E-state index contributed by atoms with van der Waals surface area (Å²) in [6.07, 6.45) is 0. The average Bonchev–Trinajstić information content (AvgIpc) is 0. The summed E-state index contributed by atoms with van der Waals surface area (Å²) in [7, 11) is 0. The van der Waals surface area contributed by atoms with Crippen LogP contribution in [0.25, 0.3) is 0 Å². The van der Waals surface area contributed by atoms with Crippen molar-refractivity contribution in [3.05, 3.63) is 0 Å². The summed E-state index contributed by atoms with van der Waals surface area (Å²) in [5, 5.41) is 0. The Kier molecular flexibility index (Phi) is 1740. The molecule has 0 aromatic heterocycles. The molecular weight excluding hydrogens is 83.1 g/mol. The Morgan fingerprint density at radius 1 is 1.00 bits per heavy atom. The largest absolute Gasteiger partial charge is 0.412 e. The van der Waals surface area contributed by atoms with Crippen molar-refractivity contribution in [1.82, 2.24) is 0 Å². The second kappa shape index (κ2) is 54.1. The molecule has 0 aliphatic rings. The molecule has 0 aromatic rings. The Morgan fingerprint density at radius 2 is 1.00 bits per heavy atom. The quantitative estimate of drug-likeness (QED) is 0.291. The minimum Gasteiger partial charge on any atom is -0.412 e. The second-order valence-electron chi connectivity index (χ2n) is 0. The first-order valence-electron chi connectivity index (χ1n) is 0. The van der Waals surface area contributed by atoms with E-state index < -0.39 is 0 Å². The van der Waals surface area contributed by atoms with Crippen LogP contribution in [0.2, 0.25) is 0 Å². The van der Waals surface area contributed by atoms with Crippen LogP contribution >= 0.6 is 0 Å². The standard InChI is InChI=1S/CH4.Al.H2O.H4Si.3H/h1H4;;1H2;1H4;;;. The molecule has 0 amide bonds. The third-order valence-electron chi connectivity index (χ3n) is 0. The summed E-state index contributed by atoms with van der Waals surface area (Å²) in [5.41, 5.74) is 0. The van der Waals surface area contributed by atoms with E-state index in [1.165, 1.54) is 0 Å². The molecule has 0 heterocycles. The zero-order valence-electron chi connectivity index (χ0n) is 0.500. The first-order valence-corrected chi connectivity index (χ1v) is 0. The van der Waals surface area contributed by atoms with Crippen LogP contribution in [0.15, 0.2) is 0 Å². The Labute approximate surface area is 41.9 Å². The number of hydrogen-bond donors (Lipinski definition) is 0. The van der Waals surface area contributed by atoms with E-state index in [1.54, 1.807) is 0 Å². The number of hydrogen-bond acceptors (Lipinski definition) is 0. The van der Waals surface area contributed by atoms with Crippen LogP contribution in [-0.4, -0.2) is 33.8 Å². The highest BCUT2D eigenvalue weighted by molar-refractivity contribution is 5.76. The highest BCUT2D eigenvalue weighted by Gasteiger charge is 0.187. The maximum Gasteiger partial charge on any atom is 0.187 e. The molecule has 2 N–H and O–H groups in total. The van der Waals surface area contributed by atoms with E-state index in [0.717, 1.165) is 0 Å². The van der Waals surface area contributed by atoms with E-state index in [2.05, 4.69) is 0 Å². The van der Waals surface area contributed by atoms with Gasteiger partial charge in [-0.2, -0.15) is 0 Å². The Balaban J connectivity index is 0. The molecule has 0 radical (unpaired) electrons. The fourth-order valence-electron chi connectivity index (χ4n) is 0. The Bertz CT molecular complexity index is 8.00. The molecule has 0 saturated carbocycles. The maximum absolute atomic E-state index is 0. The molecule has 0 rings (SSSR count). The molecule has 0 spiro atoms. The minimum absolute atomic E-state index is 0. The predicted octanol–water partition coefficient (Wildman–Crippen LogP) is -2.82. The van der Waals surface area contributed by atoms with E-state index >= 15 is 0 Å². The molecule has 0 atom stereocenters. The lowest BCUT2D eigenvalue weighted by Gasteiger charge is -0.412. The van der Waals surface area contributed by atoms with Gasteiger partial charge in [0.1, 0.15) is 0 Å². The van der Waals surface area contributed by atoms with Crippen LogP contribution < -0.4 is 0 Å². The second-order valence-corrected chi connectivity index (χ2v) is 0. The molecule has 0 saturated heterocycles. The monoisotopic (exact) mass is 96.1 g/mol. The molecule has 3 heteroatoms. The lowest BCUT2D eigenvalue weighted by molar-refractivity contribution is 0.824. The van der Waals surface area contributed by atoms with E-state index in [0.29, 0.717) is 0 Å². The van der Waals surface area contributed by atoms with Crippen LogP contribution in [0.5, 0.6) is 0 Å². The van der Waals surface area contributed by atoms with Gasteiger partial charge < -0.3 is 5.48 Å². The lowest BCUT2D eigenvalue weighted by atomic mass is 12.0. The molecule has 1 nitrogen and oxygen atoms in total. The van der Waals surface area contributed by atoms with Gasteiger partial charge in [-0.1, -0.05) is 7.43 Å². The summed E-state index contributed by atoms with van der Waals surface area (Å²) in [6.45, 7) is 0. The van der Waals surface area contributed by atoms with Gasteiger partial charge in [-0.05, 0) is 11.0 Å². The van der Waals surface area contributed by atoms with Crippen LogP contribution in [0.4, 0.5) is 0 Å². The van der Waals surface area contributed by atoms with Gasteiger partial charge in [0.25, 0.3) is 0 Å². The molecule has 4 heavy (non-hydrogen) atoms. The summed E-state index contributed by atoms with van der Waals surface area (Å²) in [4.78, 5) is 0. The Hall–Kier alpha value is 0.709. The molecule has 30 valence electrons.